The Bertz CT molecular complexity index is 1130. The number of halogens is 1. The van der Waals surface area contributed by atoms with Crippen molar-refractivity contribution in [2.24, 2.45) is 0 Å². The number of rotatable bonds is 4. The quantitative estimate of drug-likeness (QED) is 0.420. The lowest BCUT2D eigenvalue weighted by molar-refractivity contribution is 0.873. The summed E-state index contributed by atoms with van der Waals surface area (Å²) in [7, 11) is 0. The Morgan fingerprint density at radius 2 is 1.92 bits per heavy atom. The third-order valence-corrected chi connectivity index (χ3v) is 5.29. The molecule has 2 heterocycles. The minimum atomic E-state index is -0.192. The monoisotopic (exact) mass is 382 g/mol. The molecule has 4 rings (SSSR count). The highest BCUT2D eigenvalue weighted by Gasteiger charge is 2.12. The van der Waals surface area contributed by atoms with E-state index in [0.29, 0.717) is 21.2 Å². The van der Waals surface area contributed by atoms with Gasteiger partial charge in [-0.2, -0.15) is 5.10 Å². The number of hydrogen-bond donors (Lipinski definition) is 1. The summed E-state index contributed by atoms with van der Waals surface area (Å²) in [5.74, 6) is 0.732. The summed E-state index contributed by atoms with van der Waals surface area (Å²) < 4.78 is 1.65. The first-order valence-corrected chi connectivity index (χ1v) is 9.39. The number of aromatic amines is 1. The summed E-state index contributed by atoms with van der Waals surface area (Å²) in [6.07, 6.45) is 1.53. The van der Waals surface area contributed by atoms with Gasteiger partial charge < -0.3 is 4.98 Å². The van der Waals surface area contributed by atoms with E-state index in [4.69, 9.17) is 11.6 Å². The number of H-pyrrole nitrogens is 1. The predicted molar refractivity (Wildman–Crippen MR) is 105 cm³/mol. The van der Waals surface area contributed by atoms with Crippen molar-refractivity contribution in [3.8, 4) is 5.69 Å². The molecule has 0 radical (unpaired) electrons. The minimum Gasteiger partial charge on any atom is -0.301 e. The van der Waals surface area contributed by atoms with Crippen molar-refractivity contribution < 1.29 is 0 Å². The zero-order chi connectivity index (χ0) is 18.1. The average molecular weight is 383 g/mol. The second kappa shape index (κ2) is 6.97. The first-order valence-electron chi connectivity index (χ1n) is 8.03. The second-order valence-corrected chi connectivity index (χ2v) is 7.26. The molecule has 0 amide bonds. The van der Waals surface area contributed by atoms with Gasteiger partial charge in [-0.3, -0.25) is 4.79 Å². The number of fused-ring (bicyclic) bond motifs is 1. The minimum absolute atomic E-state index is 0.192. The van der Waals surface area contributed by atoms with Gasteiger partial charge in [0.25, 0.3) is 5.56 Å². The van der Waals surface area contributed by atoms with Crippen LogP contribution in [0.25, 0.3) is 16.7 Å². The molecule has 7 heteroatoms. The van der Waals surface area contributed by atoms with Crippen molar-refractivity contribution in [2.75, 3.05) is 0 Å². The van der Waals surface area contributed by atoms with Gasteiger partial charge in [-0.25, -0.2) is 9.67 Å². The fraction of sp³-hybridized carbons (Fsp3) is 0.105. The Balaban J connectivity index is 1.71. The average Bonchev–Trinajstić information content (AvgIpc) is 3.06. The molecule has 0 atom stereocenters. The molecule has 2 aromatic heterocycles. The molecule has 5 nitrogen and oxygen atoms in total. The highest BCUT2D eigenvalue weighted by molar-refractivity contribution is 7.98. The zero-order valence-corrected chi connectivity index (χ0v) is 15.5. The van der Waals surface area contributed by atoms with E-state index in [2.05, 4.69) is 34.1 Å². The number of benzene rings is 2. The van der Waals surface area contributed by atoms with Crippen molar-refractivity contribution in [3.63, 3.8) is 0 Å². The van der Waals surface area contributed by atoms with Crippen LogP contribution in [0, 0.1) is 6.92 Å². The maximum atomic E-state index is 12.4. The maximum Gasteiger partial charge on any atom is 0.262 e. The molecule has 0 aliphatic rings. The van der Waals surface area contributed by atoms with Gasteiger partial charge in [-0.15, -0.1) is 0 Å². The van der Waals surface area contributed by atoms with Gasteiger partial charge >= 0.3 is 0 Å². The summed E-state index contributed by atoms with van der Waals surface area (Å²) in [4.78, 5) is 19.8. The van der Waals surface area contributed by atoms with E-state index in [-0.39, 0.29) is 5.56 Å². The van der Waals surface area contributed by atoms with Crippen LogP contribution in [0.4, 0.5) is 0 Å². The van der Waals surface area contributed by atoms with Crippen LogP contribution in [-0.4, -0.2) is 19.7 Å². The molecule has 0 aliphatic carbocycles. The van der Waals surface area contributed by atoms with Gasteiger partial charge in [0.15, 0.2) is 10.8 Å². The number of nitrogens with zero attached hydrogens (tertiary/aromatic N) is 3. The zero-order valence-electron chi connectivity index (χ0n) is 13.9. The van der Waals surface area contributed by atoms with E-state index in [1.165, 1.54) is 29.1 Å². The smallest absolute Gasteiger partial charge is 0.262 e. The lowest BCUT2D eigenvalue weighted by atomic mass is 10.1. The molecule has 0 bridgehead atoms. The van der Waals surface area contributed by atoms with Crippen LogP contribution in [0.15, 0.2) is 64.7 Å². The summed E-state index contributed by atoms with van der Waals surface area (Å²) >= 11 is 7.45. The summed E-state index contributed by atoms with van der Waals surface area (Å²) in [6.45, 7) is 2.07. The van der Waals surface area contributed by atoms with Crippen molar-refractivity contribution in [2.45, 2.75) is 17.8 Å². The molecule has 0 aliphatic heterocycles. The highest BCUT2D eigenvalue weighted by atomic mass is 35.5. The summed E-state index contributed by atoms with van der Waals surface area (Å²) in [5.41, 5.74) is 3.57. The fourth-order valence-electron chi connectivity index (χ4n) is 2.66. The van der Waals surface area contributed by atoms with Crippen LogP contribution in [0.3, 0.4) is 0 Å². The van der Waals surface area contributed by atoms with Crippen LogP contribution in [-0.2, 0) is 5.75 Å². The van der Waals surface area contributed by atoms with Crippen molar-refractivity contribution in [3.05, 3.63) is 81.2 Å². The molecule has 0 saturated heterocycles. The molecule has 2 aromatic carbocycles. The van der Waals surface area contributed by atoms with Gasteiger partial charge in [-0.1, -0.05) is 47.6 Å². The Labute approximate surface area is 159 Å². The largest absolute Gasteiger partial charge is 0.301 e. The van der Waals surface area contributed by atoms with E-state index < -0.39 is 0 Å². The lowest BCUT2D eigenvalue weighted by Gasteiger charge is -2.06. The topological polar surface area (TPSA) is 63.6 Å². The van der Waals surface area contributed by atoms with Gasteiger partial charge in [0.2, 0.25) is 0 Å². The second-order valence-electron chi connectivity index (χ2n) is 5.86. The number of hydrogen-bond acceptors (Lipinski definition) is 4. The standard InChI is InChI=1S/C19H15ClN4OS/c1-12-4-2-3-5-13(12)11-26-19-22-17-16(18(25)23-19)10-21-24(17)15-8-6-14(20)7-9-15/h2-10H,11H2,1H3,(H,22,23,25). The summed E-state index contributed by atoms with van der Waals surface area (Å²) in [6, 6.07) is 15.4. The fourth-order valence-corrected chi connectivity index (χ4v) is 3.71. The Morgan fingerprint density at radius 3 is 2.69 bits per heavy atom. The molecule has 0 fully saturated rings. The van der Waals surface area contributed by atoms with Crippen molar-refractivity contribution >= 4 is 34.4 Å². The van der Waals surface area contributed by atoms with Crippen molar-refractivity contribution in [1.82, 2.24) is 19.7 Å². The van der Waals surface area contributed by atoms with E-state index in [1.807, 2.05) is 24.3 Å². The Kier molecular flexibility index (Phi) is 4.53. The van der Waals surface area contributed by atoms with Gasteiger partial charge in [-0.05, 0) is 42.3 Å². The molecule has 4 aromatic rings. The molecule has 130 valence electrons. The Hall–Kier alpha value is -2.57. The van der Waals surface area contributed by atoms with Crippen LogP contribution in [0.2, 0.25) is 5.02 Å². The first kappa shape index (κ1) is 16.9. The molecular weight excluding hydrogens is 368 g/mol. The number of thioether (sulfide) groups is 1. The summed E-state index contributed by atoms with van der Waals surface area (Å²) in [5, 5.41) is 5.98. The first-order chi connectivity index (χ1) is 12.6. The number of aryl methyl sites for hydroxylation is 1. The van der Waals surface area contributed by atoms with E-state index >= 15 is 0 Å². The van der Waals surface area contributed by atoms with E-state index in [0.717, 1.165) is 11.4 Å². The Morgan fingerprint density at radius 1 is 1.15 bits per heavy atom. The van der Waals surface area contributed by atoms with Crippen molar-refractivity contribution in [1.29, 1.82) is 0 Å². The number of nitrogens with one attached hydrogen (secondary N) is 1. The third-order valence-electron chi connectivity index (χ3n) is 4.11. The predicted octanol–water partition coefficient (Wildman–Crippen LogP) is 4.36. The number of aromatic nitrogens is 4. The molecule has 0 saturated carbocycles. The van der Waals surface area contributed by atoms with Crippen LogP contribution in [0.5, 0.6) is 0 Å². The molecule has 0 spiro atoms. The lowest BCUT2D eigenvalue weighted by Crippen LogP contribution is -2.09. The van der Waals surface area contributed by atoms with Gasteiger partial charge in [0.05, 0.1) is 11.9 Å². The van der Waals surface area contributed by atoms with Crippen LogP contribution >= 0.6 is 23.4 Å². The van der Waals surface area contributed by atoms with Crippen LogP contribution < -0.4 is 5.56 Å². The van der Waals surface area contributed by atoms with E-state index in [9.17, 15) is 4.79 Å². The molecule has 26 heavy (non-hydrogen) atoms. The van der Waals surface area contributed by atoms with E-state index in [1.54, 1.807) is 16.8 Å². The SMILES string of the molecule is Cc1ccccc1CSc1nc2c(cnn2-c2ccc(Cl)cc2)c(=O)[nH]1. The molecular formula is C19H15ClN4OS. The highest BCUT2D eigenvalue weighted by Crippen LogP contribution is 2.23. The van der Waals surface area contributed by atoms with Gasteiger partial charge in [0, 0.05) is 10.8 Å². The normalized spacial score (nSPS) is 11.2. The molecule has 1 N–H and O–H groups in total. The van der Waals surface area contributed by atoms with Crippen LogP contribution in [0.1, 0.15) is 11.1 Å². The maximum absolute atomic E-state index is 12.4. The molecule has 0 unspecified atom stereocenters. The van der Waals surface area contributed by atoms with Gasteiger partial charge in [0.1, 0.15) is 5.39 Å². The third kappa shape index (κ3) is 3.25.